The molecule has 11 heteroatoms. The minimum atomic E-state index is -5.37. The first-order valence-electron chi connectivity index (χ1n) is 9.35. The van der Waals surface area contributed by atoms with Crippen LogP contribution in [-0.4, -0.2) is 55.1 Å². The molecule has 1 saturated heterocycles. The van der Waals surface area contributed by atoms with Crippen molar-refractivity contribution in [2.24, 2.45) is 5.41 Å². The van der Waals surface area contributed by atoms with Crippen LogP contribution in [-0.2, 0) is 20.1 Å². The summed E-state index contributed by atoms with van der Waals surface area (Å²) in [4.78, 5) is 39.1. The summed E-state index contributed by atoms with van der Waals surface area (Å²) in [6.07, 6.45) is 5.34. The highest BCUT2D eigenvalue weighted by Crippen LogP contribution is 2.51. The van der Waals surface area contributed by atoms with Gasteiger partial charge in [-0.05, 0) is 49.3 Å². The summed E-state index contributed by atoms with van der Waals surface area (Å²) >= 11 is 0. The third kappa shape index (κ3) is 3.81. The lowest BCUT2D eigenvalue weighted by Gasteiger charge is -2.54. The predicted octanol–water partition coefficient (Wildman–Crippen LogP) is 1.73. The molecule has 1 aromatic carbocycles. The molecule has 8 nitrogen and oxygen atoms in total. The summed E-state index contributed by atoms with van der Waals surface area (Å²) in [6, 6.07) is 2.76. The maximum atomic E-state index is 14.0. The van der Waals surface area contributed by atoms with Gasteiger partial charge in [-0.25, -0.2) is 4.39 Å². The average molecular weight is 440 g/mol. The summed E-state index contributed by atoms with van der Waals surface area (Å²) in [5.74, 6) is -2.99. The van der Waals surface area contributed by atoms with Crippen LogP contribution in [0.4, 0.5) is 8.28 Å². The Bertz CT molecular complexity index is 1040. The topological polar surface area (TPSA) is 101 Å². The molecule has 4 rings (SSSR count). The summed E-state index contributed by atoms with van der Waals surface area (Å²) < 4.78 is 51.4. The molecule has 30 heavy (non-hydrogen) atoms. The fourth-order valence-electron chi connectivity index (χ4n) is 4.48. The number of carbonyl (C=O) groups is 3. The van der Waals surface area contributed by atoms with E-state index in [4.69, 9.17) is 0 Å². The van der Waals surface area contributed by atoms with E-state index in [0.29, 0.717) is 38.8 Å². The largest absolute Gasteiger partial charge is 0.488 e. The van der Waals surface area contributed by atoms with Gasteiger partial charge in [0.15, 0.2) is 11.6 Å². The standard InChI is InChI=1S/C19H18F2N2O6S/c20-14-9-12(1-2-15(14)29-30(21,27)28)18(26)22-7-5-19(6-8-22)10-13(11-19)23-16(24)3-4-17(23)25/h1-4,9,13H,5-8,10-11H2. The second-order valence-electron chi connectivity index (χ2n) is 7.86. The van der Waals surface area contributed by atoms with Gasteiger partial charge in [0.25, 0.3) is 17.7 Å². The van der Waals surface area contributed by atoms with Crippen molar-refractivity contribution in [1.82, 2.24) is 9.80 Å². The van der Waals surface area contributed by atoms with Gasteiger partial charge in [-0.15, -0.1) is 0 Å². The summed E-state index contributed by atoms with van der Waals surface area (Å²) in [6.45, 7) is 0.870. The molecule has 0 unspecified atom stereocenters. The molecule has 2 heterocycles. The number of halogens is 2. The van der Waals surface area contributed by atoms with Crippen molar-refractivity contribution in [2.75, 3.05) is 13.1 Å². The van der Waals surface area contributed by atoms with E-state index < -0.39 is 28.0 Å². The number of likely N-dealkylation sites (tertiary alicyclic amines) is 1. The smallest absolute Gasteiger partial charge is 0.355 e. The summed E-state index contributed by atoms with van der Waals surface area (Å²) in [5, 5.41) is 0. The number of benzene rings is 1. The van der Waals surface area contributed by atoms with E-state index >= 15 is 0 Å². The maximum Gasteiger partial charge on any atom is 0.488 e. The number of imide groups is 1. The lowest BCUT2D eigenvalue weighted by atomic mass is 9.60. The second kappa shape index (κ2) is 7.15. The van der Waals surface area contributed by atoms with E-state index in [1.165, 1.54) is 23.1 Å². The van der Waals surface area contributed by atoms with E-state index in [-0.39, 0.29) is 28.8 Å². The predicted molar refractivity (Wildman–Crippen MR) is 98.6 cm³/mol. The molecule has 0 bridgehead atoms. The highest BCUT2D eigenvalue weighted by molar-refractivity contribution is 7.81. The van der Waals surface area contributed by atoms with Crippen molar-refractivity contribution in [3.05, 3.63) is 41.7 Å². The molecule has 0 N–H and O–H groups in total. The van der Waals surface area contributed by atoms with E-state index in [0.717, 1.165) is 12.1 Å². The van der Waals surface area contributed by atoms with E-state index in [2.05, 4.69) is 4.18 Å². The highest BCUT2D eigenvalue weighted by Gasteiger charge is 2.50. The summed E-state index contributed by atoms with van der Waals surface area (Å²) in [7, 11) is -5.37. The van der Waals surface area contributed by atoms with E-state index in [1.807, 2.05) is 0 Å². The number of piperidine rings is 1. The van der Waals surface area contributed by atoms with E-state index in [9.17, 15) is 31.1 Å². The number of hydrogen-bond acceptors (Lipinski definition) is 6. The van der Waals surface area contributed by atoms with Gasteiger partial charge in [-0.2, -0.15) is 8.42 Å². The number of nitrogens with zero attached hydrogens (tertiary/aromatic N) is 2. The molecule has 3 amide bonds. The zero-order chi connectivity index (χ0) is 21.7. The number of amides is 3. The van der Waals surface area contributed by atoms with Crippen LogP contribution in [0.2, 0.25) is 0 Å². The molecule has 160 valence electrons. The van der Waals surface area contributed by atoms with Crippen LogP contribution in [0, 0.1) is 11.2 Å². The Morgan fingerprint density at radius 1 is 1.10 bits per heavy atom. The second-order valence-corrected chi connectivity index (χ2v) is 8.81. The van der Waals surface area contributed by atoms with Crippen LogP contribution in [0.5, 0.6) is 5.75 Å². The van der Waals surface area contributed by atoms with Gasteiger partial charge in [0.1, 0.15) is 0 Å². The lowest BCUT2D eigenvalue weighted by Crippen LogP contribution is -2.56. The van der Waals surface area contributed by atoms with Gasteiger partial charge in [-0.3, -0.25) is 19.3 Å². The maximum absolute atomic E-state index is 14.0. The van der Waals surface area contributed by atoms with Crippen LogP contribution in [0.3, 0.4) is 0 Å². The molecule has 1 saturated carbocycles. The lowest BCUT2D eigenvalue weighted by molar-refractivity contribution is -0.146. The number of hydrogen-bond donors (Lipinski definition) is 0. The molecule has 1 aliphatic carbocycles. The first-order chi connectivity index (χ1) is 14.1. The number of rotatable bonds is 4. The fraction of sp³-hybridized carbons (Fsp3) is 0.421. The Kier molecular flexibility index (Phi) is 4.88. The van der Waals surface area contributed by atoms with Crippen LogP contribution in [0.25, 0.3) is 0 Å². The quantitative estimate of drug-likeness (QED) is 0.522. The molecular weight excluding hydrogens is 422 g/mol. The third-order valence-corrected chi connectivity index (χ3v) is 6.40. The minimum absolute atomic E-state index is 0.00197. The molecular formula is C19H18F2N2O6S. The molecule has 0 aromatic heterocycles. The first-order valence-corrected chi connectivity index (χ1v) is 10.7. The number of carbonyl (C=O) groups excluding carboxylic acids is 3. The summed E-state index contributed by atoms with van der Waals surface area (Å²) in [5.41, 5.74) is -0.0267. The molecule has 2 fully saturated rings. The highest BCUT2D eigenvalue weighted by atomic mass is 32.3. The monoisotopic (exact) mass is 440 g/mol. The molecule has 2 aliphatic heterocycles. The van der Waals surface area contributed by atoms with Crippen LogP contribution < -0.4 is 4.18 Å². The third-order valence-electron chi connectivity index (χ3n) is 6.03. The van der Waals surface area contributed by atoms with Gasteiger partial charge in [-0.1, -0.05) is 3.89 Å². The van der Waals surface area contributed by atoms with Gasteiger partial charge < -0.3 is 9.08 Å². The van der Waals surface area contributed by atoms with Gasteiger partial charge in [0.2, 0.25) is 0 Å². The molecule has 1 spiro atoms. The Balaban J connectivity index is 1.35. The molecule has 1 aromatic rings. The van der Waals surface area contributed by atoms with Gasteiger partial charge in [0.05, 0.1) is 0 Å². The Morgan fingerprint density at radius 3 is 2.23 bits per heavy atom. The van der Waals surface area contributed by atoms with Crippen LogP contribution >= 0.6 is 0 Å². The molecule has 0 atom stereocenters. The molecule has 3 aliphatic rings. The van der Waals surface area contributed by atoms with Crippen molar-refractivity contribution in [1.29, 1.82) is 0 Å². The average Bonchev–Trinajstić information content (AvgIpc) is 2.98. The zero-order valence-corrected chi connectivity index (χ0v) is 16.5. The van der Waals surface area contributed by atoms with Crippen molar-refractivity contribution in [3.63, 3.8) is 0 Å². The minimum Gasteiger partial charge on any atom is -0.355 e. The van der Waals surface area contributed by atoms with Crippen LogP contribution in [0.15, 0.2) is 30.4 Å². The fourth-order valence-corrected chi connectivity index (χ4v) is 4.83. The Morgan fingerprint density at radius 2 is 1.70 bits per heavy atom. The van der Waals surface area contributed by atoms with Crippen molar-refractivity contribution in [3.8, 4) is 5.75 Å². The first kappa shape index (κ1) is 20.5. The van der Waals surface area contributed by atoms with Gasteiger partial charge in [0, 0.05) is 36.8 Å². The Labute approximate surface area is 171 Å². The zero-order valence-electron chi connectivity index (χ0n) is 15.7. The van der Waals surface area contributed by atoms with E-state index in [1.54, 1.807) is 4.90 Å². The van der Waals surface area contributed by atoms with Gasteiger partial charge >= 0.3 is 10.5 Å². The normalized spacial score (nSPS) is 21.3. The molecule has 0 radical (unpaired) electrons. The van der Waals surface area contributed by atoms with Crippen molar-refractivity contribution in [2.45, 2.75) is 31.7 Å². The SMILES string of the molecule is O=C(c1ccc(OS(=O)(=O)F)c(F)c1)N1CCC2(CC1)CC(N1C(=O)C=CC1=O)C2. The Hall–Kier alpha value is -2.82. The van der Waals surface area contributed by atoms with Crippen LogP contribution in [0.1, 0.15) is 36.0 Å². The van der Waals surface area contributed by atoms with Crippen molar-refractivity contribution >= 4 is 28.2 Å². The van der Waals surface area contributed by atoms with Crippen molar-refractivity contribution < 1.29 is 35.3 Å².